The van der Waals surface area contributed by atoms with Crippen molar-refractivity contribution in [3.05, 3.63) is 0 Å². The van der Waals surface area contributed by atoms with Gasteiger partial charge in [0.25, 0.3) is 0 Å². The van der Waals surface area contributed by atoms with Gasteiger partial charge in [-0.05, 0) is 12.2 Å². The first kappa shape index (κ1) is 16.7. The molecule has 1 fully saturated rings. The van der Waals surface area contributed by atoms with Gasteiger partial charge in [-0.25, -0.2) is 4.99 Å². The Labute approximate surface area is 120 Å². The number of nitrogens with zero attached hydrogens (tertiary/aromatic N) is 1. The second-order valence-corrected chi connectivity index (χ2v) is 4.29. The summed E-state index contributed by atoms with van der Waals surface area (Å²) in [5.74, 6) is -1.33. The van der Waals surface area contributed by atoms with Crippen LogP contribution in [0.2, 0.25) is 0 Å². The number of ether oxygens (including phenoxy) is 3. The summed E-state index contributed by atoms with van der Waals surface area (Å²) in [6, 6.07) is -1.06. The normalized spacial score (nSPS) is 32.9. The molecule has 20 heavy (non-hydrogen) atoms. The molecule has 0 amide bonds. The molecule has 1 rings (SSSR count). The molecule has 9 heteroatoms. The summed E-state index contributed by atoms with van der Waals surface area (Å²) in [7, 11) is 0. The molecule has 0 aromatic rings. The summed E-state index contributed by atoms with van der Waals surface area (Å²) in [4.78, 5) is 25.9. The summed E-state index contributed by atoms with van der Waals surface area (Å²) in [5.41, 5.74) is 0. The van der Waals surface area contributed by atoms with Gasteiger partial charge in [-0.15, -0.1) is 0 Å². The van der Waals surface area contributed by atoms with Crippen LogP contribution < -0.4 is 0 Å². The van der Waals surface area contributed by atoms with Crippen LogP contribution in [-0.2, 0) is 23.8 Å². The minimum absolute atomic E-state index is 0.551. The van der Waals surface area contributed by atoms with Crippen LogP contribution in [0, 0.1) is 0 Å². The van der Waals surface area contributed by atoms with Crippen LogP contribution in [0.1, 0.15) is 13.8 Å². The second kappa shape index (κ2) is 7.41. The number of hydrogen-bond donors (Lipinski definition) is 2. The molecular formula is C11H15NO7S. The van der Waals surface area contributed by atoms with Crippen LogP contribution in [0.3, 0.4) is 0 Å². The van der Waals surface area contributed by atoms with Gasteiger partial charge in [-0.3, -0.25) is 9.59 Å². The fraction of sp³-hybridized carbons (Fsp3) is 0.727. The van der Waals surface area contributed by atoms with Gasteiger partial charge in [0, 0.05) is 13.8 Å². The first-order valence-corrected chi connectivity index (χ1v) is 6.17. The van der Waals surface area contributed by atoms with Gasteiger partial charge >= 0.3 is 11.9 Å². The highest BCUT2D eigenvalue weighted by Gasteiger charge is 2.48. The Bertz CT molecular complexity index is 423. The average Bonchev–Trinajstić information content (AvgIpc) is 2.36. The summed E-state index contributed by atoms with van der Waals surface area (Å²) in [5, 5.41) is 21.2. The zero-order valence-corrected chi connectivity index (χ0v) is 11.7. The highest BCUT2D eigenvalue weighted by molar-refractivity contribution is 7.78. The van der Waals surface area contributed by atoms with Crippen LogP contribution >= 0.6 is 12.2 Å². The number of aliphatic imine (C=N–C) groups is 1. The summed E-state index contributed by atoms with van der Waals surface area (Å²) >= 11 is 4.48. The van der Waals surface area contributed by atoms with Gasteiger partial charge in [0.05, 0.1) is 11.8 Å². The maximum atomic E-state index is 11.1. The molecule has 8 nitrogen and oxygen atoms in total. The quantitative estimate of drug-likeness (QED) is 0.387. The van der Waals surface area contributed by atoms with Gasteiger partial charge in [0.2, 0.25) is 6.29 Å². The third-order valence-electron chi connectivity index (χ3n) is 2.61. The average molecular weight is 305 g/mol. The maximum absolute atomic E-state index is 11.1. The molecule has 1 aliphatic heterocycles. The molecule has 0 radical (unpaired) electrons. The van der Waals surface area contributed by atoms with Gasteiger partial charge in [0.15, 0.2) is 12.1 Å². The van der Waals surface area contributed by atoms with Gasteiger partial charge in [-0.1, -0.05) is 0 Å². The molecule has 1 unspecified atom stereocenters. The molecule has 1 heterocycles. The van der Waals surface area contributed by atoms with E-state index in [0.717, 1.165) is 13.8 Å². The number of hydrogen-bond acceptors (Lipinski definition) is 9. The lowest BCUT2D eigenvalue weighted by Crippen LogP contribution is -2.60. The molecule has 112 valence electrons. The van der Waals surface area contributed by atoms with Crippen molar-refractivity contribution >= 4 is 29.3 Å². The number of carbonyl (C=O) groups excluding carboxylic acids is 2. The van der Waals surface area contributed by atoms with Crippen molar-refractivity contribution in [2.24, 2.45) is 4.99 Å². The van der Waals surface area contributed by atoms with Crippen LogP contribution in [0.4, 0.5) is 0 Å². The molecule has 0 aliphatic carbocycles. The minimum Gasteiger partial charge on any atom is -0.457 e. The van der Waals surface area contributed by atoms with E-state index in [2.05, 4.69) is 22.4 Å². The Kier molecular flexibility index (Phi) is 6.18. The van der Waals surface area contributed by atoms with Crippen LogP contribution in [0.15, 0.2) is 4.99 Å². The summed E-state index contributed by atoms with van der Waals surface area (Å²) < 4.78 is 15.1. The Morgan fingerprint density at radius 2 is 1.95 bits per heavy atom. The number of rotatable bonds is 4. The van der Waals surface area contributed by atoms with Crippen molar-refractivity contribution in [1.29, 1.82) is 0 Å². The third-order valence-corrected chi connectivity index (χ3v) is 2.71. The van der Waals surface area contributed by atoms with Gasteiger partial charge in [-0.2, -0.15) is 0 Å². The fourth-order valence-electron chi connectivity index (χ4n) is 1.84. The molecule has 1 aliphatic rings. The molecule has 0 aromatic carbocycles. The van der Waals surface area contributed by atoms with E-state index >= 15 is 0 Å². The summed E-state index contributed by atoms with van der Waals surface area (Å²) in [6.07, 6.45) is -4.83. The summed E-state index contributed by atoms with van der Waals surface area (Å²) in [6.45, 7) is 1.75. The number of aliphatic hydroxyl groups is 2. The first-order chi connectivity index (χ1) is 9.40. The molecule has 0 spiro atoms. The largest absolute Gasteiger partial charge is 0.457 e. The number of aliphatic hydroxyl groups excluding tert-OH is 2. The number of esters is 2. The van der Waals surface area contributed by atoms with E-state index in [0.29, 0.717) is 0 Å². The predicted octanol–water partition coefficient (Wildman–Crippen LogP) is -0.969. The van der Waals surface area contributed by atoms with Crippen molar-refractivity contribution in [2.75, 3.05) is 6.61 Å². The molecule has 2 N–H and O–H groups in total. The maximum Gasteiger partial charge on any atom is 0.305 e. The van der Waals surface area contributed by atoms with Crippen molar-refractivity contribution in [3.63, 3.8) is 0 Å². The Hall–Kier alpha value is -1.38. The van der Waals surface area contributed by atoms with E-state index in [1.807, 2.05) is 0 Å². The van der Waals surface area contributed by atoms with Crippen molar-refractivity contribution < 1.29 is 34.0 Å². The predicted molar refractivity (Wildman–Crippen MR) is 67.9 cm³/mol. The molecule has 0 bridgehead atoms. The van der Waals surface area contributed by atoms with Crippen LogP contribution in [-0.4, -0.2) is 64.6 Å². The minimum atomic E-state index is -1.34. The smallest absolute Gasteiger partial charge is 0.305 e. The van der Waals surface area contributed by atoms with Crippen molar-refractivity contribution in [2.45, 2.75) is 44.5 Å². The van der Waals surface area contributed by atoms with Crippen molar-refractivity contribution in [3.8, 4) is 0 Å². The zero-order valence-electron chi connectivity index (χ0n) is 10.9. The van der Waals surface area contributed by atoms with E-state index in [9.17, 15) is 14.7 Å². The lowest BCUT2D eigenvalue weighted by Gasteiger charge is -2.40. The van der Waals surface area contributed by atoms with E-state index in [1.165, 1.54) is 0 Å². The van der Waals surface area contributed by atoms with Crippen LogP contribution in [0.5, 0.6) is 0 Å². The first-order valence-electron chi connectivity index (χ1n) is 5.76. The van der Waals surface area contributed by atoms with Crippen LogP contribution in [0.25, 0.3) is 0 Å². The standard InChI is InChI=1S/C11H15NO7S/c1-5(14)17-10-8(12-4-20)11(18-6(2)15)19-7(3-13)9(10)16/h7-11,13,16H,3H2,1-2H3/t7-,8-,9-,10-,11?/m1/s1. The molecule has 1 saturated heterocycles. The van der Waals surface area contributed by atoms with Crippen molar-refractivity contribution in [1.82, 2.24) is 0 Å². The number of isothiocyanates is 1. The lowest BCUT2D eigenvalue weighted by molar-refractivity contribution is -0.261. The fourth-order valence-corrected chi connectivity index (χ4v) is 1.96. The van der Waals surface area contributed by atoms with E-state index in [1.54, 1.807) is 0 Å². The second-order valence-electron chi connectivity index (χ2n) is 4.11. The molecule has 0 saturated carbocycles. The molecule has 5 atom stereocenters. The van der Waals surface area contributed by atoms with Gasteiger partial charge in [0.1, 0.15) is 12.2 Å². The highest BCUT2D eigenvalue weighted by Crippen LogP contribution is 2.26. The SMILES string of the molecule is CC(=O)OC1O[C@H](CO)[C@@H](O)[C@H](OC(C)=O)[C@H]1N=C=S. The molecular weight excluding hydrogens is 290 g/mol. The monoisotopic (exact) mass is 305 g/mol. The van der Waals surface area contributed by atoms with E-state index in [4.69, 9.17) is 19.3 Å². The topological polar surface area (TPSA) is 115 Å². The Morgan fingerprint density at radius 1 is 1.35 bits per heavy atom. The number of thiocarbonyl (C=S) groups is 1. The third kappa shape index (κ3) is 4.06. The van der Waals surface area contributed by atoms with E-state index in [-0.39, 0.29) is 0 Å². The number of carbonyl (C=O) groups is 2. The van der Waals surface area contributed by atoms with Gasteiger partial charge < -0.3 is 24.4 Å². The zero-order chi connectivity index (χ0) is 15.3. The molecule has 0 aromatic heterocycles. The van der Waals surface area contributed by atoms with E-state index < -0.39 is 49.2 Å². The lowest BCUT2D eigenvalue weighted by atomic mass is 9.97. The highest BCUT2D eigenvalue weighted by atomic mass is 32.1. The Morgan fingerprint density at radius 3 is 2.40 bits per heavy atom. The Balaban J connectivity index is 3.06.